The Kier molecular flexibility index (Phi) is 3.24. The molecule has 1 N–H and O–H groups in total. The van der Waals surface area contributed by atoms with Crippen LogP contribution in [0.1, 0.15) is 30.9 Å². The van der Waals surface area contributed by atoms with E-state index in [9.17, 15) is 9.90 Å². The number of hydrogen-bond donors (Lipinski definition) is 1. The summed E-state index contributed by atoms with van der Waals surface area (Å²) in [5.74, 6) is 0.338. The van der Waals surface area contributed by atoms with E-state index < -0.39 is 0 Å². The van der Waals surface area contributed by atoms with E-state index in [1.807, 2.05) is 13.8 Å². The van der Waals surface area contributed by atoms with Crippen LogP contribution in [0.5, 0.6) is 5.75 Å². The number of phenolic OH excluding ortho intramolecular Hbond substituents is 1. The first-order valence-electron chi connectivity index (χ1n) is 6.05. The largest absolute Gasteiger partial charge is 0.508 e. The maximum absolute atomic E-state index is 11.7. The monoisotopic (exact) mass is 244 g/mol. The number of amides is 1. The molecule has 1 aromatic rings. The minimum atomic E-state index is -0.00856. The number of rotatable bonds is 2. The smallest absolute Gasteiger partial charge is 0.225 e. The Morgan fingerprint density at radius 3 is 2.72 bits per heavy atom. The van der Waals surface area contributed by atoms with E-state index in [0.717, 1.165) is 0 Å². The van der Waals surface area contributed by atoms with Crippen molar-refractivity contribution in [3.05, 3.63) is 29.3 Å². The molecular weight excluding hydrogens is 228 g/mol. The summed E-state index contributed by atoms with van der Waals surface area (Å²) in [5.41, 5.74) is 1.17. The van der Waals surface area contributed by atoms with Crippen LogP contribution in [-0.4, -0.2) is 29.0 Å². The van der Waals surface area contributed by atoms with Gasteiger partial charge >= 0.3 is 0 Å². The highest BCUT2D eigenvalue weighted by Crippen LogP contribution is 2.35. The molecule has 1 aromatic carbocycles. The number of carbonyl (C=O) groups is 1. The summed E-state index contributed by atoms with van der Waals surface area (Å²) < 4.78 is 0. The molecule has 0 aromatic heterocycles. The van der Waals surface area contributed by atoms with Crippen molar-refractivity contribution in [3.63, 3.8) is 0 Å². The summed E-state index contributed by atoms with van der Waals surface area (Å²) in [5, 5.41) is 18.9. The van der Waals surface area contributed by atoms with Gasteiger partial charge in [0.1, 0.15) is 5.75 Å². The van der Waals surface area contributed by atoms with Gasteiger partial charge in [0, 0.05) is 30.5 Å². The van der Waals surface area contributed by atoms with Crippen LogP contribution >= 0.6 is 0 Å². The van der Waals surface area contributed by atoms with E-state index in [1.54, 1.807) is 23.1 Å². The summed E-state index contributed by atoms with van der Waals surface area (Å²) in [6, 6.07) is 7.03. The quantitative estimate of drug-likeness (QED) is 0.863. The van der Waals surface area contributed by atoms with Crippen molar-refractivity contribution in [1.82, 2.24) is 4.90 Å². The van der Waals surface area contributed by atoms with Gasteiger partial charge in [0.15, 0.2) is 0 Å². The number of hydrogen-bond acceptors (Lipinski definition) is 3. The van der Waals surface area contributed by atoms with Gasteiger partial charge in [0.05, 0.1) is 11.6 Å². The van der Waals surface area contributed by atoms with Crippen molar-refractivity contribution < 1.29 is 9.90 Å². The SMILES string of the molecule is CC(C)C(=O)N1CC(c2c(O)cccc2C#N)C1. The van der Waals surface area contributed by atoms with E-state index in [0.29, 0.717) is 24.2 Å². The molecule has 0 unspecified atom stereocenters. The second-order valence-electron chi connectivity index (χ2n) is 4.95. The summed E-state index contributed by atoms with van der Waals surface area (Å²) >= 11 is 0. The standard InChI is InChI=1S/C14H16N2O2/c1-9(2)14(18)16-7-11(8-16)13-10(6-15)4-3-5-12(13)17/h3-5,9,11,17H,7-8H2,1-2H3. The number of benzene rings is 1. The van der Waals surface area contributed by atoms with Crippen LogP contribution in [0.25, 0.3) is 0 Å². The van der Waals surface area contributed by atoms with Crippen molar-refractivity contribution in [2.45, 2.75) is 19.8 Å². The fourth-order valence-corrected chi connectivity index (χ4v) is 2.29. The Hall–Kier alpha value is -2.02. The number of likely N-dealkylation sites (tertiary alicyclic amines) is 1. The first-order chi connectivity index (χ1) is 8.54. The maximum atomic E-state index is 11.7. The lowest BCUT2D eigenvalue weighted by molar-refractivity contribution is -0.139. The predicted octanol–water partition coefficient (Wildman–Crippen LogP) is 1.85. The van der Waals surface area contributed by atoms with E-state index in [1.165, 1.54) is 0 Å². The first kappa shape index (κ1) is 12.4. The van der Waals surface area contributed by atoms with E-state index in [-0.39, 0.29) is 23.5 Å². The third kappa shape index (κ3) is 2.04. The summed E-state index contributed by atoms with van der Waals surface area (Å²) in [6.07, 6.45) is 0. The van der Waals surface area contributed by atoms with Gasteiger partial charge in [-0.3, -0.25) is 4.79 Å². The summed E-state index contributed by atoms with van der Waals surface area (Å²) in [7, 11) is 0. The molecule has 0 bridgehead atoms. The minimum Gasteiger partial charge on any atom is -0.508 e. The zero-order chi connectivity index (χ0) is 13.3. The average molecular weight is 244 g/mol. The molecule has 4 heteroatoms. The molecule has 0 aliphatic carbocycles. The van der Waals surface area contributed by atoms with Crippen LogP contribution in [-0.2, 0) is 4.79 Å². The van der Waals surface area contributed by atoms with Crippen molar-refractivity contribution >= 4 is 5.91 Å². The predicted molar refractivity (Wildman–Crippen MR) is 67.0 cm³/mol. The van der Waals surface area contributed by atoms with E-state index in [4.69, 9.17) is 5.26 Å². The number of phenols is 1. The topological polar surface area (TPSA) is 64.3 Å². The molecule has 0 saturated carbocycles. The van der Waals surface area contributed by atoms with Gasteiger partial charge in [0.25, 0.3) is 0 Å². The third-order valence-corrected chi connectivity index (χ3v) is 3.30. The molecule has 0 radical (unpaired) electrons. The molecule has 4 nitrogen and oxygen atoms in total. The lowest BCUT2D eigenvalue weighted by atomic mass is 9.87. The molecule has 1 aliphatic heterocycles. The highest BCUT2D eigenvalue weighted by molar-refractivity contribution is 5.79. The third-order valence-electron chi connectivity index (χ3n) is 3.30. The van der Waals surface area contributed by atoms with Crippen molar-refractivity contribution in [2.24, 2.45) is 5.92 Å². The first-order valence-corrected chi connectivity index (χ1v) is 6.05. The number of carbonyl (C=O) groups excluding carboxylic acids is 1. The van der Waals surface area contributed by atoms with Gasteiger partial charge in [-0.1, -0.05) is 19.9 Å². The molecule has 2 rings (SSSR count). The Morgan fingerprint density at radius 2 is 2.17 bits per heavy atom. The Balaban J connectivity index is 2.14. The molecule has 94 valence electrons. The van der Waals surface area contributed by atoms with Gasteiger partial charge < -0.3 is 10.0 Å². The Morgan fingerprint density at radius 1 is 1.50 bits per heavy atom. The zero-order valence-electron chi connectivity index (χ0n) is 10.6. The molecular formula is C14H16N2O2. The lowest BCUT2D eigenvalue weighted by Gasteiger charge is -2.41. The molecule has 18 heavy (non-hydrogen) atoms. The van der Waals surface area contributed by atoms with Gasteiger partial charge in [-0.05, 0) is 12.1 Å². The van der Waals surface area contributed by atoms with Crippen LogP contribution in [0.2, 0.25) is 0 Å². The van der Waals surface area contributed by atoms with Crippen LogP contribution in [0.4, 0.5) is 0 Å². The van der Waals surface area contributed by atoms with Crippen molar-refractivity contribution in [2.75, 3.05) is 13.1 Å². The van der Waals surface area contributed by atoms with Gasteiger partial charge in [-0.25, -0.2) is 0 Å². The number of nitriles is 1. The van der Waals surface area contributed by atoms with Crippen LogP contribution in [0.3, 0.4) is 0 Å². The number of aromatic hydroxyl groups is 1. The Bertz CT molecular complexity index is 511. The van der Waals surface area contributed by atoms with E-state index >= 15 is 0 Å². The Labute approximate surface area is 106 Å². The second-order valence-corrected chi connectivity index (χ2v) is 4.95. The van der Waals surface area contributed by atoms with Crippen LogP contribution < -0.4 is 0 Å². The van der Waals surface area contributed by atoms with Gasteiger partial charge in [0.2, 0.25) is 5.91 Å². The molecule has 1 saturated heterocycles. The van der Waals surface area contributed by atoms with Gasteiger partial charge in [-0.15, -0.1) is 0 Å². The molecule has 0 atom stereocenters. The molecule has 1 fully saturated rings. The molecule has 1 amide bonds. The van der Waals surface area contributed by atoms with E-state index in [2.05, 4.69) is 6.07 Å². The summed E-state index contributed by atoms with van der Waals surface area (Å²) in [6.45, 7) is 4.92. The lowest BCUT2D eigenvalue weighted by Crippen LogP contribution is -2.50. The minimum absolute atomic E-state index is 0.00856. The molecule has 1 heterocycles. The number of nitrogens with zero attached hydrogens (tertiary/aromatic N) is 2. The second kappa shape index (κ2) is 4.69. The normalized spacial score (nSPS) is 15.3. The fourth-order valence-electron chi connectivity index (χ4n) is 2.29. The van der Waals surface area contributed by atoms with Crippen molar-refractivity contribution in [3.8, 4) is 11.8 Å². The summed E-state index contributed by atoms with van der Waals surface area (Å²) in [4.78, 5) is 13.5. The average Bonchev–Trinajstić information content (AvgIpc) is 2.28. The highest BCUT2D eigenvalue weighted by atomic mass is 16.3. The van der Waals surface area contributed by atoms with Gasteiger partial charge in [-0.2, -0.15) is 5.26 Å². The van der Waals surface area contributed by atoms with Crippen LogP contribution in [0.15, 0.2) is 18.2 Å². The zero-order valence-corrected chi connectivity index (χ0v) is 10.6. The fraction of sp³-hybridized carbons (Fsp3) is 0.429. The van der Waals surface area contributed by atoms with Crippen molar-refractivity contribution in [1.29, 1.82) is 5.26 Å². The maximum Gasteiger partial charge on any atom is 0.225 e. The highest BCUT2D eigenvalue weighted by Gasteiger charge is 2.35. The molecule has 1 aliphatic rings. The molecule has 0 spiro atoms. The van der Waals surface area contributed by atoms with Crippen LogP contribution in [0, 0.1) is 17.2 Å².